The summed E-state index contributed by atoms with van der Waals surface area (Å²) in [4.78, 5) is 16.2. The summed E-state index contributed by atoms with van der Waals surface area (Å²) < 4.78 is 24.9. The average molecular weight is 388 g/mol. The van der Waals surface area contributed by atoms with Gasteiger partial charge in [0, 0.05) is 24.2 Å². The summed E-state index contributed by atoms with van der Waals surface area (Å²) in [5, 5.41) is 4.18. The molecule has 1 aromatic heterocycles. The van der Waals surface area contributed by atoms with Crippen LogP contribution in [-0.4, -0.2) is 42.5 Å². The lowest BCUT2D eigenvalue weighted by molar-refractivity contribution is -0.123. The number of nitrogens with one attached hydrogen (secondary N) is 2. The van der Waals surface area contributed by atoms with Crippen molar-refractivity contribution in [2.24, 2.45) is 0 Å². The topological polar surface area (TPSA) is 82.3 Å². The van der Waals surface area contributed by atoms with Crippen LogP contribution in [0.1, 0.15) is 35.2 Å². The van der Waals surface area contributed by atoms with Crippen LogP contribution in [0.4, 0.5) is 0 Å². The standard InChI is InChI=1S/C20H25N3O3S/c1-13-10-14(19-16(11-13)15-6-3-4-7-17(15)22-19)12-21-20(24)18-8-5-9-23(18)27(2,25)26/h5,8,10-11,18,22H,3-4,6-7,9,12H2,1-2H3,(H,21,24)/t18-/m0/s1. The molecule has 2 aromatic rings. The van der Waals surface area contributed by atoms with Crippen LogP contribution >= 0.6 is 0 Å². The highest BCUT2D eigenvalue weighted by molar-refractivity contribution is 7.88. The maximum Gasteiger partial charge on any atom is 0.242 e. The Hall–Kier alpha value is -2.12. The summed E-state index contributed by atoms with van der Waals surface area (Å²) >= 11 is 0. The molecule has 4 rings (SSSR count). The van der Waals surface area contributed by atoms with Gasteiger partial charge in [0.05, 0.1) is 11.8 Å². The van der Waals surface area contributed by atoms with E-state index < -0.39 is 16.1 Å². The number of sulfonamides is 1. The molecule has 2 heterocycles. The molecule has 6 nitrogen and oxygen atoms in total. The van der Waals surface area contributed by atoms with Crippen molar-refractivity contribution in [1.29, 1.82) is 0 Å². The Kier molecular flexibility index (Phi) is 4.60. The minimum absolute atomic E-state index is 0.245. The van der Waals surface area contributed by atoms with Crippen molar-refractivity contribution >= 4 is 26.8 Å². The van der Waals surface area contributed by atoms with E-state index in [1.807, 2.05) is 0 Å². The van der Waals surface area contributed by atoms with Gasteiger partial charge < -0.3 is 10.3 Å². The molecule has 1 atom stereocenters. The van der Waals surface area contributed by atoms with Gasteiger partial charge in [0.1, 0.15) is 6.04 Å². The van der Waals surface area contributed by atoms with Crippen LogP contribution in [0.2, 0.25) is 0 Å². The fourth-order valence-corrected chi connectivity index (χ4v) is 5.16. The quantitative estimate of drug-likeness (QED) is 0.789. The number of amides is 1. The Balaban J connectivity index is 1.58. The summed E-state index contributed by atoms with van der Waals surface area (Å²) in [5.41, 5.74) is 6.03. The molecule has 1 aromatic carbocycles. The van der Waals surface area contributed by atoms with Gasteiger partial charge in [0.25, 0.3) is 0 Å². The summed E-state index contributed by atoms with van der Waals surface area (Å²) in [6, 6.07) is 3.53. The third-order valence-electron chi connectivity index (χ3n) is 5.49. The molecule has 0 fully saturated rings. The second-order valence-electron chi connectivity index (χ2n) is 7.56. The lowest BCUT2D eigenvalue weighted by Gasteiger charge is -2.21. The molecule has 0 bridgehead atoms. The highest BCUT2D eigenvalue weighted by Gasteiger charge is 2.32. The number of carbonyl (C=O) groups is 1. The molecular weight excluding hydrogens is 362 g/mol. The summed E-state index contributed by atoms with van der Waals surface area (Å²) in [5.74, 6) is -0.292. The van der Waals surface area contributed by atoms with Gasteiger partial charge in [-0.05, 0) is 49.8 Å². The molecule has 2 aliphatic rings. The second kappa shape index (κ2) is 6.80. The maximum absolute atomic E-state index is 12.6. The van der Waals surface area contributed by atoms with Gasteiger partial charge in [-0.3, -0.25) is 4.79 Å². The number of rotatable bonds is 4. The zero-order chi connectivity index (χ0) is 19.2. The number of aryl methyl sites for hydroxylation is 3. The summed E-state index contributed by atoms with van der Waals surface area (Å²) in [7, 11) is -3.42. The van der Waals surface area contributed by atoms with Gasteiger partial charge in [-0.1, -0.05) is 23.8 Å². The number of aromatic amines is 1. The monoisotopic (exact) mass is 387 g/mol. The molecule has 0 saturated heterocycles. The molecule has 1 aliphatic carbocycles. The van der Waals surface area contributed by atoms with Crippen molar-refractivity contribution in [3.05, 3.63) is 46.7 Å². The van der Waals surface area contributed by atoms with Crippen LogP contribution in [0.15, 0.2) is 24.3 Å². The van der Waals surface area contributed by atoms with Crippen molar-refractivity contribution in [2.75, 3.05) is 12.8 Å². The highest BCUT2D eigenvalue weighted by atomic mass is 32.2. The van der Waals surface area contributed by atoms with E-state index in [0.717, 1.165) is 35.7 Å². The molecule has 0 saturated carbocycles. The molecule has 1 amide bonds. The molecule has 27 heavy (non-hydrogen) atoms. The second-order valence-corrected chi connectivity index (χ2v) is 9.49. The number of aromatic nitrogens is 1. The summed E-state index contributed by atoms with van der Waals surface area (Å²) in [6.07, 6.45) is 9.10. The van der Waals surface area contributed by atoms with Gasteiger partial charge in [-0.2, -0.15) is 4.31 Å². The minimum atomic E-state index is -3.42. The first kappa shape index (κ1) is 18.3. The number of fused-ring (bicyclic) bond motifs is 3. The van der Waals surface area contributed by atoms with Crippen molar-refractivity contribution < 1.29 is 13.2 Å². The van der Waals surface area contributed by atoms with E-state index in [4.69, 9.17) is 0 Å². The fraction of sp³-hybridized carbons (Fsp3) is 0.450. The van der Waals surface area contributed by atoms with Gasteiger partial charge in [-0.15, -0.1) is 0 Å². The van der Waals surface area contributed by atoms with Gasteiger partial charge in [0.2, 0.25) is 15.9 Å². The Labute approximate surface area is 159 Å². The van der Waals surface area contributed by atoms with Crippen LogP contribution in [0.3, 0.4) is 0 Å². The lowest BCUT2D eigenvalue weighted by Crippen LogP contribution is -2.45. The normalized spacial score (nSPS) is 20.1. The van der Waals surface area contributed by atoms with Crippen LogP contribution in [0, 0.1) is 6.92 Å². The third kappa shape index (κ3) is 3.41. The fourth-order valence-electron chi connectivity index (χ4n) is 4.23. The predicted octanol–water partition coefficient (Wildman–Crippen LogP) is 2.17. The van der Waals surface area contributed by atoms with E-state index in [9.17, 15) is 13.2 Å². The Morgan fingerprint density at radius 1 is 1.30 bits per heavy atom. The van der Waals surface area contributed by atoms with Gasteiger partial charge in [-0.25, -0.2) is 8.42 Å². The minimum Gasteiger partial charge on any atom is -0.358 e. The number of hydrogen-bond acceptors (Lipinski definition) is 3. The first-order chi connectivity index (χ1) is 12.8. The van der Waals surface area contributed by atoms with Crippen LogP contribution in [-0.2, 0) is 34.2 Å². The predicted molar refractivity (Wildman–Crippen MR) is 106 cm³/mol. The van der Waals surface area contributed by atoms with Gasteiger partial charge in [0.15, 0.2) is 0 Å². The van der Waals surface area contributed by atoms with Crippen molar-refractivity contribution in [1.82, 2.24) is 14.6 Å². The Bertz CT molecular complexity index is 1040. The number of hydrogen-bond donors (Lipinski definition) is 2. The third-order valence-corrected chi connectivity index (χ3v) is 6.72. The number of nitrogens with zero attached hydrogens (tertiary/aromatic N) is 1. The molecular formula is C20H25N3O3S. The van der Waals surface area contributed by atoms with E-state index >= 15 is 0 Å². The van der Waals surface area contributed by atoms with Crippen molar-refractivity contribution in [3.8, 4) is 0 Å². The molecule has 1 aliphatic heterocycles. The largest absolute Gasteiger partial charge is 0.358 e. The van der Waals surface area contributed by atoms with Crippen LogP contribution in [0.5, 0.6) is 0 Å². The van der Waals surface area contributed by atoms with Crippen LogP contribution in [0.25, 0.3) is 10.9 Å². The molecule has 144 valence electrons. The smallest absolute Gasteiger partial charge is 0.242 e. The lowest BCUT2D eigenvalue weighted by atomic mass is 9.94. The van der Waals surface area contributed by atoms with E-state index in [2.05, 4.69) is 29.4 Å². The van der Waals surface area contributed by atoms with E-state index in [1.165, 1.54) is 33.8 Å². The molecule has 2 N–H and O–H groups in total. The van der Waals surface area contributed by atoms with E-state index in [-0.39, 0.29) is 12.5 Å². The van der Waals surface area contributed by atoms with E-state index in [0.29, 0.717) is 6.54 Å². The zero-order valence-corrected chi connectivity index (χ0v) is 16.5. The molecule has 0 spiro atoms. The number of carbonyl (C=O) groups excluding carboxylic acids is 1. The average Bonchev–Trinajstić information content (AvgIpc) is 3.24. The maximum atomic E-state index is 12.6. The highest BCUT2D eigenvalue weighted by Crippen LogP contribution is 2.31. The first-order valence-electron chi connectivity index (χ1n) is 9.39. The van der Waals surface area contributed by atoms with E-state index in [1.54, 1.807) is 12.2 Å². The number of benzene rings is 1. The van der Waals surface area contributed by atoms with Crippen molar-refractivity contribution in [2.45, 2.75) is 45.2 Å². The molecule has 7 heteroatoms. The molecule has 0 radical (unpaired) electrons. The van der Waals surface area contributed by atoms with Crippen molar-refractivity contribution in [3.63, 3.8) is 0 Å². The molecule has 0 unspecified atom stereocenters. The SMILES string of the molecule is Cc1cc(CNC(=O)[C@@H]2C=CCN2S(C)(=O)=O)c2[nH]c3c(c2c1)CCCC3. The Morgan fingerprint density at radius 2 is 2.07 bits per heavy atom. The zero-order valence-electron chi connectivity index (χ0n) is 15.7. The first-order valence-corrected chi connectivity index (χ1v) is 11.2. The summed E-state index contributed by atoms with van der Waals surface area (Å²) in [6.45, 7) is 2.69. The Morgan fingerprint density at radius 3 is 2.85 bits per heavy atom. The van der Waals surface area contributed by atoms with Crippen LogP contribution < -0.4 is 5.32 Å². The number of H-pyrrole nitrogens is 1. The van der Waals surface area contributed by atoms with Gasteiger partial charge >= 0.3 is 0 Å².